The van der Waals surface area contributed by atoms with Gasteiger partial charge < -0.3 is 0 Å². The van der Waals surface area contributed by atoms with E-state index in [0.29, 0.717) is 0 Å². The minimum atomic E-state index is -1.18. The molecule has 10 heteroatoms. The molecule has 2 aromatic heterocycles. The molecule has 8 nitrogen and oxygen atoms in total. The van der Waals surface area contributed by atoms with Crippen molar-refractivity contribution >= 4 is 22.3 Å². The van der Waals surface area contributed by atoms with Crippen molar-refractivity contribution in [3.05, 3.63) is 93.8 Å². The van der Waals surface area contributed by atoms with E-state index in [1.807, 2.05) is 0 Å². The molecule has 1 aromatic carbocycles. The lowest BCUT2D eigenvalue weighted by molar-refractivity contribution is 0.681. The van der Waals surface area contributed by atoms with Crippen LogP contribution in [0, 0.1) is 68.0 Å². The van der Waals surface area contributed by atoms with E-state index in [-0.39, 0.29) is 44.8 Å². The summed E-state index contributed by atoms with van der Waals surface area (Å²) in [6.45, 7) is 0. The number of allylic oxidation sites excluding steroid dienone is 8. The molecule has 2 aliphatic carbocycles. The Morgan fingerprint density at radius 2 is 0.900 bits per heavy atom. The Hall–Kier alpha value is -6.72. The molecule has 40 heavy (non-hydrogen) atoms. The first-order valence-electron chi connectivity index (χ1n) is 11.3. The molecule has 182 valence electrons. The zero-order valence-corrected chi connectivity index (χ0v) is 20.0. The quantitative estimate of drug-likeness (QED) is 0.381. The summed E-state index contributed by atoms with van der Waals surface area (Å²) in [7, 11) is 0. The predicted molar refractivity (Wildman–Crippen MR) is 136 cm³/mol. The average Bonchev–Trinajstić information content (AvgIpc) is 3.44. The number of nitrogens with zero attached hydrogens (tertiary/aromatic N) is 8. The summed E-state index contributed by atoms with van der Waals surface area (Å²) < 4.78 is 32.2. The number of fused-ring (bicyclic) bond motifs is 2. The molecule has 0 spiro atoms. The van der Waals surface area contributed by atoms with Crippen molar-refractivity contribution in [3.63, 3.8) is 0 Å². The number of hydrogen-bond acceptors (Lipinski definition) is 8. The molecular weight excluding hydrogens is 510 g/mol. The first kappa shape index (κ1) is 25.0. The maximum Gasteiger partial charge on any atom is 0.151 e. The number of pyridine rings is 2. The van der Waals surface area contributed by atoms with Gasteiger partial charge in [0.15, 0.2) is 11.7 Å². The maximum atomic E-state index is 16.1. The van der Waals surface area contributed by atoms with Crippen LogP contribution in [0.1, 0.15) is 22.3 Å². The highest BCUT2D eigenvalue weighted by Gasteiger charge is 2.44. The summed E-state index contributed by atoms with van der Waals surface area (Å²) in [5.41, 5.74) is -4.01. The standard InChI is InChI=1S/C30H8F2N8/c31-29-17(13-37)23-25(19-5-1-3-7-39-19)24-18(14-38)30(32)22(16(11-35)12-36)28(24)26(20-6-2-4-8-40-20)27(23)21(29)15(9-33)10-34/h1-8H. The van der Waals surface area contributed by atoms with Crippen LogP contribution in [0.2, 0.25) is 0 Å². The fourth-order valence-corrected chi connectivity index (χ4v) is 4.93. The van der Waals surface area contributed by atoms with Gasteiger partial charge in [-0.15, -0.1) is 0 Å². The summed E-state index contributed by atoms with van der Waals surface area (Å²) >= 11 is 0. The SMILES string of the molecule is N#CC(C#N)=C1C(F)=C(C#N)c2c1c(-c1ccccn1)c1c(c2-c2ccccn2)C(C#N)=C(F)C1=C(C#N)C#N. The number of nitriles is 6. The molecule has 5 rings (SSSR count). The summed E-state index contributed by atoms with van der Waals surface area (Å²) in [5, 5.41) is 59.1. The van der Waals surface area contributed by atoms with Gasteiger partial charge in [-0.1, -0.05) is 12.1 Å². The van der Waals surface area contributed by atoms with E-state index >= 15 is 8.78 Å². The zero-order chi connectivity index (χ0) is 28.6. The topological polar surface area (TPSA) is 169 Å². The van der Waals surface area contributed by atoms with E-state index in [2.05, 4.69) is 9.97 Å². The molecule has 0 fully saturated rings. The van der Waals surface area contributed by atoms with Gasteiger partial charge >= 0.3 is 0 Å². The lowest BCUT2D eigenvalue weighted by atomic mass is 9.80. The van der Waals surface area contributed by atoms with Gasteiger partial charge in [-0.3, -0.25) is 9.97 Å². The van der Waals surface area contributed by atoms with Crippen LogP contribution in [-0.2, 0) is 0 Å². The average molecular weight is 518 g/mol. The van der Waals surface area contributed by atoms with Crippen LogP contribution in [-0.4, -0.2) is 9.97 Å². The second kappa shape index (κ2) is 9.63. The Morgan fingerprint density at radius 1 is 0.525 bits per heavy atom. The molecule has 0 unspecified atom stereocenters. The van der Waals surface area contributed by atoms with Gasteiger partial charge in [0, 0.05) is 56.9 Å². The van der Waals surface area contributed by atoms with E-state index in [4.69, 9.17) is 0 Å². The number of benzene rings is 1. The van der Waals surface area contributed by atoms with Crippen LogP contribution in [0.25, 0.3) is 44.8 Å². The third kappa shape index (κ3) is 3.30. The lowest BCUT2D eigenvalue weighted by Gasteiger charge is -2.21. The van der Waals surface area contributed by atoms with Gasteiger partial charge in [0.2, 0.25) is 0 Å². The van der Waals surface area contributed by atoms with E-state index in [1.165, 1.54) is 24.5 Å². The first-order valence-corrected chi connectivity index (χ1v) is 11.3. The molecule has 0 amide bonds. The molecule has 2 aliphatic rings. The van der Waals surface area contributed by atoms with Gasteiger partial charge in [0.25, 0.3) is 0 Å². The van der Waals surface area contributed by atoms with E-state index in [0.717, 1.165) is 0 Å². The number of rotatable bonds is 2. The molecule has 3 aromatic rings. The van der Waals surface area contributed by atoms with Crippen LogP contribution >= 0.6 is 0 Å². The highest BCUT2D eigenvalue weighted by molar-refractivity contribution is 6.20. The molecule has 2 heterocycles. The minimum absolute atomic E-state index is 0.0425. The fourth-order valence-electron chi connectivity index (χ4n) is 4.93. The lowest BCUT2D eigenvalue weighted by Crippen LogP contribution is -2.05. The molecule has 0 saturated heterocycles. The maximum absolute atomic E-state index is 16.1. The van der Waals surface area contributed by atoms with Crippen molar-refractivity contribution in [2.75, 3.05) is 0 Å². The van der Waals surface area contributed by atoms with Gasteiger partial charge in [-0.05, 0) is 24.3 Å². The van der Waals surface area contributed by atoms with E-state index < -0.39 is 45.1 Å². The monoisotopic (exact) mass is 518 g/mol. The largest absolute Gasteiger partial charge is 0.256 e. The molecular formula is C30H8F2N8. The summed E-state index contributed by atoms with van der Waals surface area (Å²) in [6.07, 6.45) is 2.77. The summed E-state index contributed by atoms with van der Waals surface area (Å²) in [5.74, 6) is -2.36. The molecule has 0 atom stereocenters. The van der Waals surface area contributed by atoms with Crippen LogP contribution in [0.4, 0.5) is 8.78 Å². The fraction of sp³-hybridized carbons (Fsp3) is 0. The van der Waals surface area contributed by atoms with Crippen LogP contribution in [0.15, 0.2) is 71.6 Å². The third-order valence-corrected chi connectivity index (χ3v) is 6.39. The number of hydrogen-bond donors (Lipinski definition) is 0. The minimum Gasteiger partial charge on any atom is -0.256 e. The Balaban J connectivity index is 2.23. The molecule has 0 aliphatic heterocycles. The van der Waals surface area contributed by atoms with Gasteiger partial charge in [0.05, 0.1) is 22.5 Å². The first-order chi connectivity index (χ1) is 19.5. The van der Waals surface area contributed by atoms with Crippen LogP contribution in [0.3, 0.4) is 0 Å². The Labute approximate surface area is 225 Å². The van der Waals surface area contributed by atoms with Gasteiger partial charge in [-0.25, -0.2) is 8.78 Å². The Morgan fingerprint density at radius 3 is 1.20 bits per heavy atom. The highest BCUT2D eigenvalue weighted by Crippen LogP contribution is 2.59. The van der Waals surface area contributed by atoms with Crippen LogP contribution in [0.5, 0.6) is 0 Å². The second-order valence-electron chi connectivity index (χ2n) is 8.23. The zero-order valence-electron chi connectivity index (χ0n) is 20.0. The van der Waals surface area contributed by atoms with Crippen molar-refractivity contribution in [2.24, 2.45) is 0 Å². The third-order valence-electron chi connectivity index (χ3n) is 6.39. The Kier molecular flexibility index (Phi) is 6.00. The van der Waals surface area contributed by atoms with Crippen molar-refractivity contribution < 1.29 is 8.78 Å². The van der Waals surface area contributed by atoms with Gasteiger partial charge in [-0.2, -0.15) is 31.6 Å². The summed E-state index contributed by atoms with van der Waals surface area (Å²) in [4.78, 5) is 8.61. The second-order valence-corrected chi connectivity index (χ2v) is 8.23. The molecule has 0 saturated carbocycles. The molecule has 0 N–H and O–H groups in total. The van der Waals surface area contributed by atoms with Crippen molar-refractivity contribution in [3.8, 4) is 58.9 Å². The van der Waals surface area contributed by atoms with Crippen molar-refractivity contribution in [1.29, 1.82) is 31.6 Å². The molecule has 0 bridgehead atoms. The smallest absolute Gasteiger partial charge is 0.151 e. The van der Waals surface area contributed by atoms with Crippen molar-refractivity contribution in [2.45, 2.75) is 0 Å². The van der Waals surface area contributed by atoms with E-state index in [9.17, 15) is 31.6 Å². The van der Waals surface area contributed by atoms with Crippen molar-refractivity contribution in [1.82, 2.24) is 9.97 Å². The predicted octanol–water partition coefficient (Wildman–Crippen LogP) is 5.85. The highest BCUT2D eigenvalue weighted by atomic mass is 19.1. The van der Waals surface area contributed by atoms with E-state index in [1.54, 1.807) is 60.7 Å². The normalized spacial score (nSPS) is 12.8. The number of aromatic nitrogens is 2. The van der Waals surface area contributed by atoms with Gasteiger partial charge in [0.1, 0.15) is 47.6 Å². The summed E-state index contributed by atoms with van der Waals surface area (Å²) in [6, 6.07) is 19.4. The van der Waals surface area contributed by atoms with Crippen LogP contribution < -0.4 is 0 Å². The molecule has 0 radical (unpaired) electrons. The Bertz CT molecular complexity index is 1920. The number of halogens is 2.